The van der Waals surface area contributed by atoms with Crippen molar-refractivity contribution >= 4 is 7.25 Å². The van der Waals surface area contributed by atoms with E-state index in [4.69, 9.17) is 10.2 Å². The molecule has 0 aromatic carbocycles. The molecule has 0 spiro atoms. The third-order valence-electron chi connectivity index (χ3n) is 0. The summed E-state index contributed by atoms with van der Waals surface area (Å²) in [5.41, 5.74) is 0. The summed E-state index contributed by atoms with van der Waals surface area (Å²) in [6, 6.07) is 0. The van der Waals surface area contributed by atoms with Crippen molar-refractivity contribution in [1.29, 1.82) is 0 Å². The Balaban J connectivity index is -0.0000000406. The minimum atomic E-state index is -6.00. The molecule has 0 radical (unpaired) electrons. The number of aliphatic hydroxyl groups excluding tert-OH is 2. The quantitative estimate of drug-likeness (QED) is 0.408. The molecule has 6 N–H and O–H groups in total. The molecular formula is C4H16BF4NO2. The van der Waals surface area contributed by atoms with Gasteiger partial charge in [0.05, 0.1) is 0 Å². The van der Waals surface area contributed by atoms with E-state index in [2.05, 4.69) is 0 Å². The van der Waals surface area contributed by atoms with Gasteiger partial charge in [0.1, 0.15) is 0 Å². The third kappa shape index (κ3) is 6460. The third-order valence-corrected chi connectivity index (χ3v) is 0. The first kappa shape index (κ1) is 22.6. The molecule has 0 fully saturated rings. The van der Waals surface area contributed by atoms with Gasteiger partial charge in [-0.05, 0) is 13.8 Å². The van der Waals surface area contributed by atoms with Gasteiger partial charge in [0, 0.05) is 13.2 Å². The molecule has 0 saturated carbocycles. The molecular weight excluding hydrogens is 181 g/mol. The van der Waals surface area contributed by atoms with Crippen LogP contribution in [0.1, 0.15) is 13.8 Å². The van der Waals surface area contributed by atoms with E-state index >= 15 is 0 Å². The summed E-state index contributed by atoms with van der Waals surface area (Å²) in [7, 11) is -6.00. The van der Waals surface area contributed by atoms with Crippen LogP contribution < -0.4 is 6.15 Å². The Bertz CT molecular complexity index is 55.5. The molecule has 3 nitrogen and oxygen atoms in total. The Morgan fingerprint density at radius 1 is 0.917 bits per heavy atom. The maximum Gasteiger partial charge on any atom is 0.673 e. The predicted octanol–water partition coefficient (Wildman–Crippen LogP) is 1.67. The van der Waals surface area contributed by atoms with Crippen LogP contribution in [-0.4, -0.2) is 30.7 Å². The highest BCUT2D eigenvalue weighted by atomic mass is 19.5. The van der Waals surface area contributed by atoms with Gasteiger partial charge < -0.3 is 33.6 Å². The SMILES string of the molecule is CCO.CCO.F[B-](F)(F)F.[NH4+]. The molecule has 0 saturated heterocycles. The number of rotatable bonds is 0. The van der Waals surface area contributed by atoms with Crippen molar-refractivity contribution in [3.05, 3.63) is 0 Å². The molecule has 12 heavy (non-hydrogen) atoms. The summed E-state index contributed by atoms with van der Waals surface area (Å²) in [5.74, 6) is 0. The Kier molecular flexibility index (Phi) is 31.9. The molecule has 80 valence electrons. The standard InChI is InChI=1S/2C2H6O.BF4.H3N/c2*1-2-3;2-1(3,4)5;/h2*3H,2H2,1H3;;1H3/q;;-1;/p+1. The van der Waals surface area contributed by atoms with Crippen LogP contribution in [0, 0.1) is 0 Å². The average molecular weight is 197 g/mol. The molecule has 0 atom stereocenters. The van der Waals surface area contributed by atoms with Crippen molar-refractivity contribution in [2.75, 3.05) is 13.2 Å². The Labute approximate surface area is 69.1 Å². The fourth-order valence-corrected chi connectivity index (χ4v) is 0. The van der Waals surface area contributed by atoms with Crippen LogP contribution in [0.15, 0.2) is 0 Å². The van der Waals surface area contributed by atoms with Gasteiger partial charge in [-0.15, -0.1) is 0 Å². The molecule has 8 heteroatoms. The fraction of sp³-hybridized carbons (Fsp3) is 1.00. The van der Waals surface area contributed by atoms with Crippen molar-refractivity contribution in [3.63, 3.8) is 0 Å². The van der Waals surface area contributed by atoms with Crippen LogP contribution in [0.2, 0.25) is 0 Å². The lowest BCUT2D eigenvalue weighted by atomic mass is 10.3. The van der Waals surface area contributed by atoms with E-state index in [1.54, 1.807) is 13.8 Å². The zero-order chi connectivity index (χ0) is 9.91. The summed E-state index contributed by atoms with van der Waals surface area (Å²) >= 11 is 0. The molecule has 0 bridgehead atoms. The largest absolute Gasteiger partial charge is 0.673 e. The number of aliphatic hydroxyl groups is 2. The molecule has 0 aliphatic carbocycles. The van der Waals surface area contributed by atoms with Gasteiger partial charge in [-0.25, -0.2) is 0 Å². The number of halogens is 4. The summed E-state index contributed by atoms with van der Waals surface area (Å²) < 4.78 is 39.0. The molecule has 0 aliphatic heterocycles. The van der Waals surface area contributed by atoms with Crippen LogP contribution in [0.25, 0.3) is 0 Å². The molecule has 0 rings (SSSR count). The molecule has 0 aliphatic rings. The van der Waals surface area contributed by atoms with Gasteiger partial charge in [0.25, 0.3) is 0 Å². The average Bonchev–Trinajstić information content (AvgIpc) is 1.62. The molecule has 0 aromatic rings. The van der Waals surface area contributed by atoms with E-state index in [9.17, 15) is 17.3 Å². The number of hydrogen-bond acceptors (Lipinski definition) is 2. The van der Waals surface area contributed by atoms with E-state index in [0.29, 0.717) is 0 Å². The van der Waals surface area contributed by atoms with Crippen molar-refractivity contribution in [3.8, 4) is 0 Å². The summed E-state index contributed by atoms with van der Waals surface area (Å²) in [5, 5.41) is 15.1. The molecule has 0 unspecified atom stereocenters. The lowest BCUT2D eigenvalue weighted by Gasteiger charge is -1.94. The van der Waals surface area contributed by atoms with Crippen LogP contribution in [-0.2, 0) is 0 Å². The van der Waals surface area contributed by atoms with Crippen LogP contribution in [0.3, 0.4) is 0 Å². The van der Waals surface area contributed by atoms with E-state index in [-0.39, 0.29) is 19.4 Å². The molecule has 0 heterocycles. The zero-order valence-electron chi connectivity index (χ0n) is 7.40. The normalized spacial score (nSPS) is 8.00. The number of quaternary nitrogens is 1. The fourth-order valence-electron chi connectivity index (χ4n) is 0. The van der Waals surface area contributed by atoms with Gasteiger partial charge in [0.15, 0.2) is 0 Å². The zero-order valence-corrected chi connectivity index (χ0v) is 7.40. The summed E-state index contributed by atoms with van der Waals surface area (Å²) in [6.07, 6.45) is 0. The first-order valence-corrected chi connectivity index (χ1v) is 2.92. The van der Waals surface area contributed by atoms with Crippen molar-refractivity contribution in [2.45, 2.75) is 13.8 Å². The van der Waals surface area contributed by atoms with Gasteiger partial charge in [-0.1, -0.05) is 0 Å². The Hall–Kier alpha value is -0.335. The van der Waals surface area contributed by atoms with Crippen LogP contribution in [0.5, 0.6) is 0 Å². The smallest absolute Gasteiger partial charge is 0.418 e. The van der Waals surface area contributed by atoms with Gasteiger partial charge in [-0.2, -0.15) is 0 Å². The maximum absolute atomic E-state index is 9.75. The van der Waals surface area contributed by atoms with Gasteiger partial charge in [-0.3, -0.25) is 0 Å². The van der Waals surface area contributed by atoms with E-state index in [0.717, 1.165) is 0 Å². The first-order chi connectivity index (χ1) is 4.83. The topological polar surface area (TPSA) is 77.0 Å². The van der Waals surface area contributed by atoms with Crippen molar-refractivity contribution in [2.24, 2.45) is 0 Å². The second-order valence-corrected chi connectivity index (χ2v) is 1.13. The Morgan fingerprint density at radius 3 is 0.917 bits per heavy atom. The minimum absolute atomic E-state index is 0. The monoisotopic (exact) mass is 197 g/mol. The maximum atomic E-state index is 9.75. The molecule has 0 aromatic heterocycles. The van der Waals surface area contributed by atoms with E-state index < -0.39 is 7.25 Å². The number of hydrogen-bond donors (Lipinski definition) is 3. The van der Waals surface area contributed by atoms with Crippen LogP contribution in [0.4, 0.5) is 17.3 Å². The highest BCUT2D eigenvalue weighted by Gasteiger charge is 2.20. The van der Waals surface area contributed by atoms with E-state index in [1.165, 1.54) is 0 Å². The summed E-state index contributed by atoms with van der Waals surface area (Å²) in [4.78, 5) is 0. The first-order valence-electron chi connectivity index (χ1n) is 2.92. The lowest BCUT2D eigenvalue weighted by Crippen LogP contribution is -2.02. The second-order valence-electron chi connectivity index (χ2n) is 1.13. The Morgan fingerprint density at radius 2 is 0.917 bits per heavy atom. The second kappa shape index (κ2) is 17.0. The minimum Gasteiger partial charge on any atom is -0.418 e. The predicted molar refractivity (Wildman–Crippen MR) is 41.7 cm³/mol. The van der Waals surface area contributed by atoms with Crippen molar-refractivity contribution < 1.29 is 27.5 Å². The van der Waals surface area contributed by atoms with Gasteiger partial charge in [0.2, 0.25) is 0 Å². The molecule has 0 amide bonds. The van der Waals surface area contributed by atoms with E-state index in [1.807, 2.05) is 0 Å². The lowest BCUT2D eigenvalue weighted by molar-refractivity contribution is 0.318. The van der Waals surface area contributed by atoms with Crippen LogP contribution >= 0.6 is 0 Å². The van der Waals surface area contributed by atoms with Gasteiger partial charge >= 0.3 is 7.25 Å². The summed E-state index contributed by atoms with van der Waals surface area (Å²) in [6.45, 7) is 3.86. The van der Waals surface area contributed by atoms with Crippen molar-refractivity contribution in [1.82, 2.24) is 6.15 Å². The highest BCUT2D eigenvalue weighted by Crippen LogP contribution is 2.06. The highest BCUT2D eigenvalue weighted by molar-refractivity contribution is 6.50.